The number of carbonyl (C=O) groups excluding carboxylic acids is 2. The predicted molar refractivity (Wildman–Crippen MR) is 64.0 cm³/mol. The Labute approximate surface area is 108 Å². The van der Waals surface area contributed by atoms with Crippen molar-refractivity contribution < 1.29 is 14.3 Å². The largest absolute Gasteiger partial charge is 0.452 e. The van der Waals surface area contributed by atoms with Crippen LogP contribution in [0.1, 0.15) is 16.8 Å². The highest BCUT2D eigenvalue weighted by atomic mass is 35.5. The summed E-state index contributed by atoms with van der Waals surface area (Å²) in [6.07, 6.45) is -0.755. The molecule has 0 fully saturated rings. The zero-order chi connectivity index (χ0) is 12.4. The molecule has 0 amide bonds. The second-order valence-electron chi connectivity index (χ2n) is 3.55. The zero-order valence-corrected chi connectivity index (χ0v) is 10.2. The van der Waals surface area contributed by atoms with E-state index < -0.39 is 12.1 Å². The number of halogens is 2. The highest BCUT2D eigenvalue weighted by Gasteiger charge is 2.33. The Hall–Kier alpha value is -1.32. The van der Waals surface area contributed by atoms with Crippen molar-refractivity contribution in [3.8, 4) is 0 Å². The van der Waals surface area contributed by atoms with Crippen molar-refractivity contribution in [2.75, 3.05) is 0 Å². The third kappa shape index (κ3) is 2.51. The molecule has 3 nitrogen and oxygen atoms in total. The lowest BCUT2D eigenvalue weighted by atomic mass is 10.1. The fraction of sp³-hybridized carbons (Fsp3) is 0.167. The number of ether oxygens (including phenoxy) is 1. The lowest BCUT2D eigenvalue weighted by Crippen LogP contribution is -2.15. The molecular formula is C12H8Cl2O3. The number of carbonyl (C=O) groups is 2. The number of cyclic esters (lactones) is 1. The summed E-state index contributed by atoms with van der Waals surface area (Å²) in [6, 6.07) is 8.73. The second kappa shape index (κ2) is 4.90. The molecule has 2 rings (SSSR count). The van der Waals surface area contributed by atoms with Crippen LogP contribution in [0.4, 0.5) is 0 Å². The number of hydrogen-bond donors (Lipinski definition) is 0. The van der Waals surface area contributed by atoms with Gasteiger partial charge in [0.05, 0.1) is 11.5 Å². The van der Waals surface area contributed by atoms with E-state index in [4.69, 9.17) is 27.9 Å². The first-order chi connectivity index (χ1) is 8.09. The van der Waals surface area contributed by atoms with Gasteiger partial charge in [0.2, 0.25) is 0 Å². The maximum absolute atomic E-state index is 11.8. The van der Waals surface area contributed by atoms with Crippen LogP contribution in [-0.2, 0) is 9.53 Å². The van der Waals surface area contributed by atoms with E-state index in [1.165, 1.54) is 0 Å². The van der Waals surface area contributed by atoms with Crippen LogP contribution < -0.4 is 0 Å². The first-order valence-corrected chi connectivity index (χ1v) is 5.69. The number of Topliss-reactive ketones (excluding diaryl/α,β-unsaturated/α-hetero) is 1. The quantitative estimate of drug-likeness (QED) is 0.627. The maximum Gasteiger partial charge on any atom is 0.351 e. The maximum atomic E-state index is 11.8. The molecule has 0 bridgehead atoms. The van der Waals surface area contributed by atoms with Gasteiger partial charge in [0.25, 0.3) is 0 Å². The van der Waals surface area contributed by atoms with Crippen LogP contribution >= 0.6 is 23.2 Å². The van der Waals surface area contributed by atoms with E-state index in [-0.39, 0.29) is 22.3 Å². The molecular weight excluding hydrogens is 263 g/mol. The zero-order valence-electron chi connectivity index (χ0n) is 8.65. The third-order valence-corrected chi connectivity index (χ3v) is 3.27. The Morgan fingerprint density at radius 1 is 1.24 bits per heavy atom. The van der Waals surface area contributed by atoms with Gasteiger partial charge in [-0.2, -0.15) is 0 Å². The van der Waals surface area contributed by atoms with Gasteiger partial charge in [-0.25, -0.2) is 4.79 Å². The first kappa shape index (κ1) is 12.1. The molecule has 1 aliphatic rings. The van der Waals surface area contributed by atoms with Crippen LogP contribution in [0, 0.1) is 0 Å². The van der Waals surface area contributed by atoms with Crippen LogP contribution in [0.5, 0.6) is 0 Å². The van der Waals surface area contributed by atoms with E-state index in [9.17, 15) is 9.59 Å². The molecule has 17 heavy (non-hydrogen) atoms. The SMILES string of the molecule is O=C1OC(CC(=O)c2ccccc2)C(Cl)=C1Cl. The topological polar surface area (TPSA) is 43.4 Å². The Morgan fingerprint density at radius 2 is 1.88 bits per heavy atom. The monoisotopic (exact) mass is 270 g/mol. The second-order valence-corrected chi connectivity index (χ2v) is 4.33. The van der Waals surface area contributed by atoms with E-state index in [2.05, 4.69) is 0 Å². The van der Waals surface area contributed by atoms with Crippen molar-refractivity contribution in [1.29, 1.82) is 0 Å². The van der Waals surface area contributed by atoms with E-state index in [0.29, 0.717) is 5.56 Å². The molecule has 1 aromatic carbocycles. The van der Waals surface area contributed by atoms with Crippen LogP contribution in [0.3, 0.4) is 0 Å². The van der Waals surface area contributed by atoms with Gasteiger partial charge in [-0.05, 0) is 0 Å². The van der Waals surface area contributed by atoms with Crippen LogP contribution in [0.15, 0.2) is 40.4 Å². The Balaban J connectivity index is 2.09. The molecule has 0 saturated heterocycles. The van der Waals surface area contributed by atoms with E-state index in [1.807, 2.05) is 6.07 Å². The van der Waals surface area contributed by atoms with Gasteiger partial charge in [0.1, 0.15) is 11.1 Å². The molecule has 0 aliphatic carbocycles. The highest BCUT2D eigenvalue weighted by Crippen LogP contribution is 2.31. The summed E-state index contributed by atoms with van der Waals surface area (Å²) in [4.78, 5) is 22.9. The average Bonchev–Trinajstić information content (AvgIpc) is 2.58. The Bertz CT molecular complexity index is 494. The molecule has 0 spiro atoms. The Kier molecular flexibility index (Phi) is 3.50. The van der Waals surface area contributed by atoms with Gasteiger partial charge in [0.15, 0.2) is 5.78 Å². The summed E-state index contributed by atoms with van der Waals surface area (Å²) >= 11 is 11.4. The minimum atomic E-state index is -0.760. The smallest absolute Gasteiger partial charge is 0.351 e. The number of esters is 1. The summed E-state index contributed by atoms with van der Waals surface area (Å²) < 4.78 is 4.88. The van der Waals surface area contributed by atoms with E-state index in [0.717, 1.165) is 0 Å². The lowest BCUT2D eigenvalue weighted by molar-refractivity contribution is -0.138. The summed E-state index contributed by atoms with van der Waals surface area (Å²) in [6.45, 7) is 0. The first-order valence-electron chi connectivity index (χ1n) is 4.94. The normalized spacial score (nSPS) is 19.4. The fourth-order valence-electron chi connectivity index (χ4n) is 1.51. The van der Waals surface area contributed by atoms with E-state index >= 15 is 0 Å². The minimum absolute atomic E-state index is 0.00477. The highest BCUT2D eigenvalue weighted by molar-refractivity contribution is 6.48. The average molecular weight is 271 g/mol. The van der Waals surface area contributed by atoms with E-state index in [1.54, 1.807) is 24.3 Å². The van der Waals surface area contributed by atoms with Crippen molar-refractivity contribution in [2.45, 2.75) is 12.5 Å². The molecule has 1 atom stereocenters. The van der Waals surface area contributed by atoms with Gasteiger partial charge in [-0.3, -0.25) is 4.79 Å². The number of ketones is 1. The van der Waals surface area contributed by atoms with Crippen LogP contribution in [0.2, 0.25) is 0 Å². The number of hydrogen-bond acceptors (Lipinski definition) is 3. The molecule has 1 heterocycles. The fourth-order valence-corrected chi connectivity index (χ4v) is 1.88. The van der Waals surface area contributed by atoms with Crippen LogP contribution in [0.25, 0.3) is 0 Å². The van der Waals surface area contributed by atoms with Crippen molar-refractivity contribution in [1.82, 2.24) is 0 Å². The molecule has 0 saturated carbocycles. The van der Waals surface area contributed by atoms with Gasteiger partial charge in [-0.1, -0.05) is 53.5 Å². The standard InChI is InChI=1S/C12H8Cl2O3/c13-10-9(17-12(16)11(10)14)6-8(15)7-4-2-1-3-5-7/h1-5,9H,6H2. The molecule has 1 aliphatic heterocycles. The van der Waals surface area contributed by atoms with Gasteiger partial charge in [0, 0.05) is 5.56 Å². The van der Waals surface area contributed by atoms with Gasteiger partial charge < -0.3 is 4.74 Å². The van der Waals surface area contributed by atoms with Crippen molar-refractivity contribution in [2.24, 2.45) is 0 Å². The third-order valence-electron chi connectivity index (χ3n) is 2.39. The van der Waals surface area contributed by atoms with Gasteiger partial charge in [-0.15, -0.1) is 0 Å². The summed E-state index contributed by atoms with van der Waals surface area (Å²) in [7, 11) is 0. The molecule has 0 aromatic heterocycles. The molecule has 0 radical (unpaired) electrons. The number of rotatable bonds is 3. The molecule has 5 heteroatoms. The molecule has 1 unspecified atom stereocenters. The van der Waals surface area contributed by atoms with Gasteiger partial charge >= 0.3 is 5.97 Å². The van der Waals surface area contributed by atoms with Crippen molar-refractivity contribution in [3.63, 3.8) is 0 Å². The summed E-state index contributed by atoms with van der Waals surface area (Å²) in [5, 5.41) is -0.0431. The molecule has 1 aromatic rings. The Morgan fingerprint density at radius 3 is 2.41 bits per heavy atom. The summed E-state index contributed by atoms with van der Waals surface area (Å²) in [5.74, 6) is -0.824. The van der Waals surface area contributed by atoms with Crippen LogP contribution in [-0.4, -0.2) is 17.9 Å². The number of benzene rings is 1. The predicted octanol–water partition coefficient (Wildman–Crippen LogP) is 2.87. The van der Waals surface area contributed by atoms with Crippen molar-refractivity contribution in [3.05, 3.63) is 46.0 Å². The molecule has 88 valence electrons. The lowest BCUT2D eigenvalue weighted by Gasteiger charge is -2.08. The molecule has 0 N–H and O–H groups in total. The minimum Gasteiger partial charge on any atom is -0.452 e. The summed E-state index contributed by atoms with van der Waals surface area (Å²) in [5.41, 5.74) is 0.552. The van der Waals surface area contributed by atoms with Crippen molar-refractivity contribution >= 4 is 35.0 Å².